The van der Waals surface area contributed by atoms with Gasteiger partial charge in [0.15, 0.2) is 0 Å². The van der Waals surface area contributed by atoms with Gasteiger partial charge in [0, 0.05) is 13.1 Å². The summed E-state index contributed by atoms with van der Waals surface area (Å²) in [5, 5.41) is 22.0. The standard InChI is InChI=1S/C17H24N2O2/c1-2-7-17(8-9-17)13-19-11-15(20)12-21-16-5-3-14(10-18)4-6-16/h3-6,15,19-20H,2,7-9,11-13H2,1H3. The summed E-state index contributed by atoms with van der Waals surface area (Å²) >= 11 is 0. The van der Waals surface area contributed by atoms with E-state index in [4.69, 9.17) is 10.00 Å². The number of ether oxygens (including phenoxy) is 1. The average Bonchev–Trinajstić information content (AvgIpc) is 3.26. The van der Waals surface area contributed by atoms with Gasteiger partial charge in [-0.2, -0.15) is 5.26 Å². The first-order valence-corrected chi connectivity index (χ1v) is 7.69. The molecule has 0 spiro atoms. The predicted octanol–water partition coefficient (Wildman–Crippen LogP) is 2.47. The van der Waals surface area contributed by atoms with Crippen LogP contribution in [0, 0.1) is 16.7 Å². The fourth-order valence-electron chi connectivity index (χ4n) is 2.60. The van der Waals surface area contributed by atoms with E-state index in [9.17, 15) is 5.11 Å². The summed E-state index contributed by atoms with van der Waals surface area (Å²) in [4.78, 5) is 0. The fraction of sp³-hybridized carbons (Fsp3) is 0.588. The van der Waals surface area contributed by atoms with E-state index in [-0.39, 0.29) is 6.61 Å². The Morgan fingerprint density at radius 3 is 2.67 bits per heavy atom. The van der Waals surface area contributed by atoms with Crippen LogP contribution in [0.15, 0.2) is 24.3 Å². The van der Waals surface area contributed by atoms with Gasteiger partial charge in [0.05, 0.1) is 11.6 Å². The van der Waals surface area contributed by atoms with Gasteiger partial charge in [-0.1, -0.05) is 13.3 Å². The Kier molecular flexibility index (Phi) is 5.60. The highest BCUT2D eigenvalue weighted by molar-refractivity contribution is 5.34. The van der Waals surface area contributed by atoms with Gasteiger partial charge in [-0.05, 0) is 48.9 Å². The minimum Gasteiger partial charge on any atom is -0.491 e. The number of nitriles is 1. The quantitative estimate of drug-likeness (QED) is 0.732. The maximum Gasteiger partial charge on any atom is 0.119 e. The summed E-state index contributed by atoms with van der Waals surface area (Å²) in [6.45, 7) is 4.04. The lowest BCUT2D eigenvalue weighted by Crippen LogP contribution is -2.34. The van der Waals surface area contributed by atoms with Crippen molar-refractivity contribution in [2.24, 2.45) is 5.41 Å². The molecule has 0 saturated heterocycles. The first kappa shape index (κ1) is 15.8. The molecule has 1 saturated carbocycles. The zero-order valence-corrected chi connectivity index (χ0v) is 12.6. The molecule has 0 aliphatic heterocycles. The molecule has 0 bridgehead atoms. The predicted molar refractivity (Wildman–Crippen MR) is 82.1 cm³/mol. The molecular weight excluding hydrogens is 264 g/mol. The minimum absolute atomic E-state index is 0.264. The van der Waals surface area contributed by atoms with Crippen molar-refractivity contribution in [3.05, 3.63) is 29.8 Å². The summed E-state index contributed by atoms with van der Waals surface area (Å²) in [6.07, 6.45) is 4.61. The third-order valence-corrected chi connectivity index (χ3v) is 4.04. The molecule has 1 atom stereocenters. The monoisotopic (exact) mass is 288 g/mol. The van der Waals surface area contributed by atoms with Crippen molar-refractivity contribution in [2.75, 3.05) is 19.7 Å². The molecule has 0 radical (unpaired) electrons. The zero-order chi connectivity index (χ0) is 15.1. The number of nitrogens with one attached hydrogen (secondary N) is 1. The van der Waals surface area contributed by atoms with E-state index in [1.807, 2.05) is 0 Å². The molecule has 21 heavy (non-hydrogen) atoms. The number of aliphatic hydroxyl groups excluding tert-OH is 1. The van der Waals surface area contributed by atoms with Gasteiger partial charge in [-0.15, -0.1) is 0 Å². The van der Waals surface area contributed by atoms with Gasteiger partial charge >= 0.3 is 0 Å². The van der Waals surface area contributed by atoms with Crippen LogP contribution in [-0.4, -0.2) is 30.9 Å². The topological polar surface area (TPSA) is 65.3 Å². The number of hydrogen-bond donors (Lipinski definition) is 2. The smallest absolute Gasteiger partial charge is 0.119 e. The van der Waals surface area contributed by atoms with E-state index in [1.165, 1.54) is 25.7 Å². The molecule has 1 aromatic carbocycles. The molecule has 114 valence electrons. The Morgan fingerprint density at radius 1 is 1.38 bits per heavy atom. The average molecular weight is 288 g/mol. The van der Waals surface area contributed by atoms with Crippen molar-refractivity contribution in [1.82, 2.24) is 5.32 Å². The van der Waals surface area contributed by atoms with E-state index >= 15 is 0 Å². The number of rotatable bonds is 9. The highest BCUT2D eigenvalue weighted by Gasteiger charge is 2.40. The molecule has 1 aliphatic rings. The van der Waals surface area contributed by atoms with Crippen molar-refractivity contribution >= 4 is 0 Å². The van der Waals surface area contributed by atoms with Crippen LogP contribution < -0.4 is 10.1 Å². The number of nitrogens with zero attached hydrogens (tertiary/aromatic N) is 1. The molecule has 1 aromatic rings. The van der Waals surface area contributed by atoms with E-state index in [2.05, 4.69) is 18.3 Å². The van der Waals surface area contributed by atoms with Gasteiger partial charge in [0.1, 0.15) is 18.5 Å². The molecule has 4 nitrogen and oxygen atoms in total. The van der Waals surface area contributed by atoms with Gasteiger partial charge in [-0.3, -0.25) is 0 Å². The SMILES string of the molecule is CCCC1(CNCC(O)COc2ccc(C#N)cc2)CC1. The third-order valence-electron chi connectivity index (χ3n) is 4.04. The van der Waals surface area contributed by atoms with Crippen LogP contribution in [0.2, 0.25) is 0 Å². The van der Waals surface area contributed by atoms with Gasteiger partial charge in [0.2, 0.25) is 0 Å². The van der Waals surface area contributed by atoms with Crippen LogP contribution in [0.1, 0.15) is 38.2 Å². The van der Waals surface area contributed by atoms with Crippen LogP contribution in [0.4, 0.5) is 0 Å². The summed E-state index contributed by atoms with van der Waals surface area (Å²) in [6, 6.07) is 8.98. The Labute approximate surface area is 126 Å². The van der Waals surface area contributed by atoms with Gasteiger partial charge in [0.25, 0.3) is 0 Å². The molecule has 2 rings (SSSR count). The van der Waals surface area contributed by atoms with Crippen LogP contribution >= 0.6 is 0 Å². The number of hydrogen-bond acceptors (Lipinski definition) is 4. The first-order valence-electron chi connectivity index (χ1n) is 7.69. The van der Waals surface area contributed by atoms with Crippen molar-refractivity contribution < 1.29 is 9.84 Å². The Bertz CT molecular complexity index is 475. The first-order chi connectivity index (χ1) is 10.2. The summed E-state index contributed by atoms with van der Waals surface area (Å²) < 4.78 is 5.51. The second kappa shape index (κ2) is 7.44. The van der Waals surface area contributed by atoms with E-state index < -0.39 is 6.10 Å². The Hall–Kier alpha value is -1.57. The summed E-state index contributed by atoms with van der Waals surface area (Å²) in [5.41, 5.74) is 1.11. The highest BCUT2D eigenvalue weighted by atomic mass is 16.5. The van der Waals surface area contributed by atoms with E-state index in [1.54, 1.807) is 24.3 Å². The lowest BCUT2D eigenvalue weighted by Gasteiger charge is -2.17. The summed E-state index contributed by atoms with van der Waals surface area (Å²) in [7, 11) is 0. The van der Waals surface area contributed by atoms with Gasteiger partial charge in [-0.25, -0.2) is 0 Å². The van der Waals surface area contributed by atoms with Crippen molar-refractivity contribution in [2.45, 2.75) is 38.7 Å². The lowest BCUT2D eigenvalue weighted by atomic mass is 10.0. The number of benzene rings is 1. The maximum atomic E-state index is 9.92. The second-order valence-corrected chi connectivity index (χ2v) is 5.98. The van der Waals surface area contributed by atoms with E-state index in [0.29, 0.717) is 23.3 Å². The van der Waals surface area contributed by atoms with Crippen LogP contribution in [0.3, 0.4) is 0 Å². The van der Waals surface area contributed by atoms with Crippen molar-refractivity contribution in [3.8, 4) is 11.8 Å². The Morgan fingerprint density at radius 2 is 2.10 bits per heavy atom. The normalized spacial score (nSPS) is 17.0. The van der Waals surface area contributed by atoms with Crippen LogP contribution in [0.5, 0.6) is 5.75 Å². The van der Waals surface area contributed by atoms with Crippen molar-refractivity contribution in [1.29, 1.82) is 5.26 Å². The molecule has 1 fully saturated rings. The minimum atomic E-state index is -0.516. The third kappa shape index (κ3) is 5.04. The fourth-order valence-corrected chi connectivity index (χ4v) is 2.60. The largest absolute Gasteiger partial charge is 0.491 e. The van der Waals surface area contributed by atoms with Gasteiger partial charge < -0.3 is 15.2 Å². The molecule has 0 aromatic heterocycles. The molecule has 2 N–H and O–H groups in total. The molecular formula is C17H24N2O2. The summed E-state index contributed by atoms with van der Waals surface area (Å²) in [5.74, 6) is 0.678. The van der Waals surface area contributed by atoms with Crippen LogP contribution in [0.25, 0.3) is 0 Å². The van der Waals surface area contributed by atoms with Crippen LogP contribution in [-0.2, 0) is 0 Å². The zero-order valence-electron chi connectivity index (χ0n) is 12.6. The lowest BCUT2D eigenvalue weighted by molar-refractivity contribution is 0.105. The second-order valence-electron chi connectivity index (χ2n) is 5.98. The molecule has 0 heterocycles. The van der Waals surface area contributed by atoms with Crippen molar-refractivity contribution in [3.63, 3.8) is 0 Å². The van der Waals surface area contributed by atoms with E-state index in [0.717, 1.165) is 6.54 Å². The molecule has 1 aliphatic carbocycles. The maximum absolute atomic E-state index is 9.92. The molecule has 4 heteroatoms. The molecule has 1 unspecified atom stereocenters. The Balaban J connectivity index is 1.63. The highest BCUT2D eigenvalue weighted by Crippen LogP contribution is 2.48. The molecule has 0 amide bonds. The number of aliphatic hydroxyl groups is 1.